The summed E-state index contributed by atoms with van der Waals surface area (Å²) >= 11 is 0. The highest BCUT2D eigenvalue weighted by Crippen LogP contribution is 2.34. The first-order chi connectivity index (χ1) is 7.76. The number of amides is 1. The predicted molar refractivity (Wildman–Crippen MR) is 72.1 cm³/mol. The molecule has 1 amide bonds. The number of nitrogens with two attached hydrogens (primary N) is 1. The van der Waals surface area contributed by atoms with E-state index in [0.29, 0.717) is 18.4 Å². The van der Waals surface area contributed by atoms with E-state index in [1.54, 1.807) is 0 Å². The summed E-state index contributed by atoms with van der Waals surface area (Å²) in [6.45, 7) is 4.62. The summed E-state index contributed by atoms with van der Waals surface area (Å²) in [5, 5.41) is 0. The molecule has 2 atom stereocenters. The van der Waals surface area contributed by atoms with Gasteiger partial charge in [0.25, 0.3) is 0 Å². The third kappa shape index (κ3) is 3.59. The van der Waals surface area contributed by atoms with Crippen molar-refractivity contribution in [2.75, 3.05) is 19.6 Å². The topological polar surface area (TPSA) is 46.3 Å². The van der Waals surface area contributed by atoms with Crippen molar-refractivity contribution < 1.29 is 4.79 Å². The highest BCUT2D eigenvalue weighted by atomic mass is 35.5. The smallest absolute Gasteiger partial charge is 0.226 e. The van der Waals surface area contributed by atoms with Crippen LogP contribution in [0.4, 0.5) is 0 Å². The second-order valence-corrected chi connectivity index (χ2v) is 5.35. The molecule has 2 N–H and O–H groups in total. The molecule has 0 heterocycles. The van der Waals surface area contributed by atoms with E-state index in [-0.39, 0.29) is 18.3 Å². The van der Waals surface area contributed by atoms with Crippen molar-refractivity contribution in [1.29, 1.82) is 0 Å². The van der Waals surface area contributed by atoms with Crippen molar-refractivity contribution in [3.8, 4) is 0 Å². The van der Waals surface area contributed by atoms with Gasteiger partial charge in [0, 0.05) is 19.0 Å². The van der Waals surface area contributed by atoms with Crippen molar-refractivity contribution >= 4 is 18.3 Å². The van der Waals surface area contributed by atoms with Gasteiger partial charge in [-0.15, -0.1) is 12.4 Å². The van der Waals surface area contributed by atoms with E-state index in [0.717, 1.165) is 31.8 Å². The van der Waals surface area contributed by atoms with Gasteiger partial charge in [-0.3, -0.25) is 4.79 Å². The van der Waals surface area contributed by atoms with Gasteiger partial charge < -0.3 is 10.6 Å². The molecule has 0 aromatic rings. The summed E-state index contributed by atoms with van der Waals surface area (Å²) in [6.07, 6.45) is 6.01. The van der Waals surface area contributed by atoms with E-state index in [1.807, 2.05) is 0 Å². The molecule has 0 aliphatic heterocycles. The number of carbonyl (C=O) groups excluding carboxylic acids is 1. The number of halogens is 1. The first kappa shape index (κ1) is 14.8. The average molecular weight is 261 g/mol. The summed E-state index contributed by atoms with van der Waals surface area (Å²) in [4.78, 5) is 14.4. The van der Waals surface area contributed by atoms with Crippen LogP contribution in [0.5, 0.6) is 0 Å². The first-order valence-corrected chi connectivity index (χ1v) is 6.75. The summed E-state index contributed by atoms with van der Waals surface area (Å²) in [7, 11) is 0. The summed E-state index contributed by atoms with van der Waals surface area (Å²) in [6, 6.07) is 0. The lowest BCUT2D eigenvalue weighted by atomic mass is 9.94. The molecule has 17 heavy (non-hydrogen) atoms. The quantitative estimate of drug-likeness (QED) is 0.822. The van der Waals surface area contributed by atoms with Crippen molar-refractivity contribution in [2.45, 2.75) is 39.0 Å². The lowest BCUT2D eigenvalue weighted by Gasteiger charge is -2.27. The second-order valence-electron chi connectivity index (χ2n) is 5.35. The van der Waals surface area contributed by atoms with Crippen LogP contribution in [-0.4, -0.2) is 30.4 Å². The normalized spacial score (nSPS) is 27.6. The molecule has 100 valence electrons. The molecule has 2 fully saturated rings. The summed E-state index contributed by atoms with van der Waals surface area (Å²) in [5.74, 6) is 1.84. The van der Waals surface area contributed by atoms with E-state index in [1.165, 1.54) is 19.3 Å². The Hall–Kier alpha value is -0.280. The minimum atomic E-state index is 0. The van der Waals surface area contributed by atoms with Crippen LogP contribution in [0.1, 0.15) is 39.0 Å². The number of nitrogens with zero attached hydrogens (tertiary/aromatic N) is 1. The van der Waals surface area contributed by atoms with Gasteiger partial charge in [0.2, 0.25) is 5.91 Å². The molecule has 0 aromatic heterocycles. The van der Waals surface area contributed by atoms with Crippen molar-refractivity contribution in [3.05, 3.63) is 0 Å². The predicted octanol–water partition coefficient (Wildman–Crippen LogP) is 2.04. The van der Waals surface area contributed by atoms with E-state index < -0.39 is 0 Å². The summed E-state index contributed by atoms with van der Waals surface area (Å²) in [5.41, 5.74) is 5.75. The number of carbonyl (C=O) groups is 1. The molecule has 0 saturated heterocycles. The first-order valence-electron chi connectivity index (χ1n) is 6.75. The van der Waals surface area contributed by atoms with Crippen LogP contribution >= 0.6 is 12.4 Å². The molecular formula is C13H25ClN2O. The van der Waals surface area contributed by atoms with Crippen molar-refractivity contribution in [2.24, 2.45) is 23.5 Å². The number of hydrogen-bond donors (Lipinski definition) is 1. The van der Waals surface area contributed by atoms with Gasteiger partial charge in [-0.25, -0.2) is 0 Å². The number of hydrogen-bond acceptors (Lipinski definition) is 2. The van der Waals surface area contributed by atoms with Crippen LogP contribution in [-0.2, 0) is 4.79 Å². The van der Waals surface area contributed by atoms with Crippen LogP contribution in [0.15, 0.2) is 0 Å². The zero-order valence-corrected chi connectivity index (χ0v) is 11.5. The van der Waals surface area contributed by atoms with Gasteiger partial charge in [0.05, 0.1) is 0 Å². The standard InChI is InChI=1S/C13H24N2O.ClH/c1-2-15(9-10-6-7-10)13(16)12-5-3-4-11(12)8-14;/h10-12H,2-9,14H2,1H3;1H/t11-,12-;/m1./s1. The molecule has 0 spiro atoms. The third-order valence-electron chi connectivity index (χ3n) is 4.15. The largest absolute Gasteiger partial charge is 0.342 e. The molecule has 4 heteroatoms. The van der Waals surface area contributed by atoms with Gasteiger partial charge in [0.1, 0.15) is 0 Å². The Labute approximate surface area is 111 Å². The fraction of sp³-hybridized carbons (Fsp3) is 0.923. The SMILES string of the molecule is CCN(CC1CC1)C(=O)[C@@H]1CCC[C@@H]1CN.Cl. The Bertz CT molecular complexity index is 256. The Morgan fingerprint density at radius 2 is 2.00 bits per heavy atom. The molecule has 0 bridgehead atoms. The van der Waals surface area contributed by atoms with Crippen molar-refractivity contribution in [3.63, 3.8) is 0 Å². The van der Waals surface area contributed by atoms with E-state index in [4.69, 9.17) is 5.73 Å². The molecular weight excluding hydrogens is 236 g/mol. The Kier molecular flexibility index (Phi) is 5.74. The average Bonchev–Trinajstić information content (AvgIpc) is 2.99. The Balaban J connectivity index is 0.00000144. The van der Waals surface area contributed by atoms with E-state index in [2.05, 4.69) is 11.8 Å². The van der Waals surface area contributed by atoms with Gasteiger partial charge >= 0.3 is 0 Å². The minimum absolute atomic E-state index is 0. The maximum absolute atomic E-state index is 12.4. The lowest BCUT2D eigenvalue weighted by molar-refractivity contribution is -0.136. The number of rotatable bonds is 5. The maximum Gasteiger partial charge on any atom is 0.226 e. The van der Waals surface area contributed by atoms with E-state index >= 15 is 0 Å². The molecule has 0 radical (unpaired) electrons. The van der Waals surface area contributed by atoms with Gasteiger partial charge in [-0.2, -0.15) is 0 Å². The molecule has 0 unspecified atom stereocenters. The maximum atomic E-state index is 12.4. The van der Waals surface area contributed by atoms with Crippen LogP contribution in [0.25, 0.3) is 0 Å². The van der Waals surface area contributed by atoms with Gasteiger partial charge in [-0.05, 0) is 51.0 Å². The van der Waals surface area contributed by atoms with Crippen LogP contribution in [0.3, 0.4) is 0 Å². The second kappa shape index (κ2) is 6.60. The van der Waals surface area contributed by atoms with Gasteiger partial charge in [-0.1, -0.05) is 6.42 Å². The highest BCUT2D eigenvalue weighted by molar-refractivity contribution is 5.85. The molecule has 2 aliphatic rings. The fourth-order valence-corrected chi connectivity index (χ4v) is 2.87. The monoisotopic (exact) mass is 260 g/mol. The van der Waals surface area contributed by atoms with Crippen LogP contribution < -0.4 is 5.73 Å². The zero-order valence-electron chi connectivity index (χ0n) is 10.7. The van der Waals surface area contributed by atoms with E-state index in [9.17, 15) is 4.79 Å². The zero-order chi connectivity index (χ0) is 11.5. The fourth-order valence-electron chi connectivity index (χ4n) is 2.87. The van der Waals surface area contributed by atoms with Crippen molar-refractivity contribution in [1.82, 2.24) is 4.90 Å². The highest BCUT2D eigenvalue weighted by Gasteiger charge is 2.35. The van der Waals surface area contributed by atoms with Crippen LogP contribution in [0.2, 0.25) is 0 Å². The molecule has 2 saturated carbocycles. The molecule has 2 aliphatic carbocycles. The molecule has 0 aromatic carbocycles. The Morgan fingerprint density at radius 3 is 2.53 bits per heavy atom. The molecule has 3 nitrogen and oxygen atoms in total. The lowest BCUT2D eigenvalue weighted by Crippen LogP contribution is -2.40. The van der Waals surface area contributed by atoms with Crippen LogP contribution in [0, 0.1) is 17.8 Å². The van der Waals surface area contributed by atoms with Gasteiger partial charge in [0.15, 0.2) is 0 Å². The molecule has 2 rings (SSSR count). The Morgan fingerprint density at radius 1 is 1.29 bits per heavy atom. The minimum Gasteiger partial charge on any atom is -0.342 e. The third-order valence-corrected chi connectivity index (χ3v) is 4.15. The summed E-state index contributed by atoms with van der Waals surface area (Å²) < 4.78 is 0.